The summed E-state index contributed by atoms with van der Waals surface area (Å²) in [6, 6.07) is 3.37. The second kappa shape index (κ2) is 5.25. The molecule has 0 saturated carbocycles. The SMILES string of the molecule is CC(C)N(C(=O)OC(C)(C)C)c1ccc(N)cn1. The summed E-state index contributed by atoms with van der Waals surface area (Å²) in [6.45, 7) is 9.31. The Bertz CT molecular complexity index is 407. The van der Waals surface area contributed by atoms with Gasteiger partial charge in [-0.25, -0.2) is 9.78 Å². The zero-order valence-corrected chi connectivity index (χ0v) is 11.6. The quantitative estimate of drug-likeness (QED) is 0.877. The van der Waals surface area contributed by atoms with Crippen LogP contribution >= 0.6 is 0 Å². The molecule has 5 heteroatoms. The highest BCUT2D eigenvalue weighted by atomic mass is 16.6. The molecule has 0 bridgehead atoms. The average molecular weight is 251 g/mol. The van der Waals surface area contributed by atoms with Crippen molar-refractivity contribution in [2.45, 2.75) is 46.3 Å². The van der Waals surface area contributed by atoms with E-state index in [1.54, 1.807) is 12.1 Å². The number of ether oxygens (including phenoxy) is 1. The van der Waals surface area contributed by atoms with Crippen molar-refractivity contribution >= 4 is 17.6 Å². The van der Waals surface area contributed by atoms with E-state index < -0.39 is 11.7 Å². The fourth-order valence-electron chi connectivity index (χ4n) is 1.42. The molecule has 1 heterocycles. The van der Waals surface area contributed by atoms with Gasteiger partial charge in [0.15, 0.2) is 0 Å². The summed E-state index contributed by atoms with van der Waals surface area (Å²) >= 11 is 0. The lowest BCUT2D eigenvalue weighted by Crippen LogP contribution is -2.41. The number of rotatable bonds is 2. The molecule has 100 valence electrons. The van der Waals surface area contributed by atoms with E-state index in [2.05, 4.69) is 4.98 Å². The van der Waals surface area contributed by atoms with Gasteiger partial charge in [-0.1, -0.05) is 0 Å². The van der Waals surface area contributed by atoms with Crippen LogP contribution in [-0.2, 0) is 4.74 Å². The second-order valence-corrected chi connectivity index (χ2v) is 5.39. The van der Waals surface area contributed by atoms with Gasteiger partial charge in [0.1, 0.15) is 11.4 Å². The number of carbonyl (C=O) groups excluding carboxylic acids is 1. The van der Waals surface area contributed by atoms with Crippen molar-refractivity contribution in [1.82, 2.24) is 4.98 Å². The fourth-order valence-corrected chi connectivity index (χ4v) is 1.42. The number of pyridine rings is 1. The molecule has 2 N–H and O–H groups in total. The van der Waals surface area contributed by atoms with E-state index >= 15 is 0 Å². The standard InChI is InChI=1S/C13H21N3O2/c1-9(2)16(12(17)18-13(3,4)5)11-7-6-10(14)8-15-11/h6-9H,14H2,1-5H3. The number of amides is 1. The van der Waals surface area contributed by atoms with Crippen molar-refractivity contribution in [2.24, 2.45) is 0 Å². The van der Waals surface area contributed by atoms with Crippen LogP contribution in [0.2, 0.25) is 0 Å². The monoisotopic (exact) mass is 251 g/mol. The molecule has 0 radical (unpaired) electrons. The van der Waals surface area contributed by atoms with Crippen LogP contribution in [-0.4, -0.2) is 22.7 Å². The van der Waals surface area contributed by atoms with Gasteiger partial charge in [-0.15, -0.1) is 0 Å². The first-order chi connectivity index (χ1) is 8.20. The summed E-state index contributed by atoms with van der Waals surface area (Å²) in [7, 11) is 0. The predicted molar refractivity (Wildman–Crippen MR) is 72.5 cm³/mol. The van der Waals surface area contributed by atoms with Gasteiger partial charge < -0.3 is 10.5 Å². The molecule has 18 heavy (non-hydrogen) atoms. The van der Waals surface area contributed by atoms with E-state index in [4.69, 9.17) is 10.5 Å². The van der Waals surface area contributed by atoms with Crippen LogP contribution in [0.1, 0.15) is 34.6 Å². The summed E-state index contributed by atoms with van der Waals surface area (Å²) < 4.78 is 5.36. The summed E-state index contributed by atoms with van der Waals surface area (Å²) in [4.78, 5) is 17.8. The molecule has 0 saturated heterocycles. The number of nitrogen functional groups attached to an aromatic ring is 1. The van der Waals surface area contributed by atoms with Gasteiger partial charge in [0.25, 0.3) is 0 Å². The Hall–Kier alpha value is -1.78. The first kappa shape index (κ1) is 14.3. The van der Waals surface area contributed by atoms with Crippen molar-refractivity contribution in [2.75, 3.05) is 10.6 Å². The zero-order valence-electron chi connectivity index (χ0n) is 11.6. The normalized spacial score (nSPS) is 11.4. The molecule has 0 atom stereocenters. The third kappa shape index (κ3) is 3.91. The Morgan fingerprint density at radius 2 is 2.00 bits per heavy atom. The third-order valence-electron chi connectivity index (χ3n) is 2.12. The van der Waals surface area contributed by atoms with Gasteiger partial charge >= 0.3 is 6.09 Å². The van der Waals surface area contributed by atoms with Gasteiger partial charge in [-0.3, -0.25) is 4.90 Å². The van der Waals surface area contributed by atoms with E-state index in [0.717, 1.165) is 0 Å². The van der Waals surface area contributed by atoms with Crippen LogP contribution in [0.4, 0.5) is 16.3 Å². The Morgan fingerprint density at radius 1 is 1.39 bits per heavy atom. The molecule has 0 fully saturated rings. The van der Waals surface area contributed by atoms with E-state index in [-0.39, 0.29) is 6.04 Å². The van der Waals surface area contributed by atoms with Crippen LogP contribution in [0.3, 0.4) is 0 Å². The number of aromatic nitrogens is 1. The number of hydrogen-bond donors (Lipinski definition) is 1. The van der Waals surface area contributed by atoms with Crippen LogP contribution in [0.25, 0.3) is 0 Å². The van der Waals surface area contributed by atoms with Crippen LogP contribution < -0.4 is 10.6 Å². The predicted octanol–water partition coefficient (Wildman–Crippen LogP) is 2.81. The number of hydrogen-bond acceptors (Lipinski definition) is 4. The highest BCUT2D eigenvalue weighted by Gasteiger charge is 2.26. The highest BCUT2D eigenvalue weighted by Crippen LogP contribution is 2.19. The average Bonchev–Trinajstić information content (AvgIpc) is 2.18. The number of anilines is 2. The number of carbonyl (C=O) groups is 1. The summed E-state index contributed by atoms with van der Waals surface area (Å²) in [5, 5.41) is 0. The molecule has 1 rings (SSSR count). The van der Waals surface area contributed by atoms with Gasteiger partial charge in [0, 0.05) is 6.04 Å². The van der Waals surface area contributed by atoms with E-state index in [9.17, 15) is 4.79 Å². The summed E-state index contributed by atoms with van der Waals surface area (Å²) in [5.41, 5.74) is 5.62. The maximum atomic E-state index is 12.1. The second-order valence-electron chi connectivity index (χ2n) is 5.39. The molecular formula is C13H21N3O2. The first-order valence-corrected chi connectivity index (χ1v) is 5.94. The van der Waals surface area contributed by atoms with Crippen molar-refractivity contribution in [3.63, 3.8) is 0 Å². The maximum Gasteiger partial charge on any atom is 0.416 e. The minimum Gasteiger partial charge on any atom is -0.443 e. The van der Waals surface area contributed by atoms with E-state index in [0.29, 0.717) is 11.5 Å². The Balaban J connectivity index is 2.96. The van der Waals surface area contributed by atoms with Gasteiger partial charge in [0.2, 0.25) is 0 Å². The Kier molecular flexibility index (Phi) is 4.16. The molecule has 0 aliphatic carbocycles. The smallest absolute Gasteiger partial charge is 0.416 e. The number of nitrogens with zero attached hydrogens (tertiary/aromatic N) is 2. The highest BCUT2D eigenvalue weighted by molar-refractivity contribution is 5.87. The minimum atomic E-state index is -0.530. The van der Waals surface area contributed by atoms with Gasteiger partial charge in [-0.2, -0.15) is 0 Å². The van der Waals surface area contributed by atoms with Crippen LogP contribution in [0.15, 0.2) is 18.3 Å². The molecule has 1 amide bonds. The lowest BCUT2D eigenvalue weighted by atomic mass is 10.2. The van der Waals surface area contributed by atoms with Crippen molar-refractivity contribution in [3.8, 4) is 0 Å². The molecule has 0 spiro atoms. The molecule has 0 aliphatic heterocycles. The summed E-state index contributed by atoms with van der Waals surface area (Å²) in [5.74, 6) is 0.536. The Labute approximate surface area is 108 Å². The zero-order chi connectivity index (χ0) is 13.9. The number of nitrogens with two attached hydrogens (primary N) is 1. The Morgan fingerprint density at radius 3 is 2.39 bits per heavy atom. The van der Waals surface area contributed by atoms with E-state index in [1.165, 1.54) is 11.1 Å². The molecule has 0 unspecified atom stereocenters. The molecule has 0 aliphatic rings. The third-order valence-corrected chi connectivity index (χ3v) is 2.12. The largest absolute Gasteiger partial charge is 0.443 e. The molecular weight excluding hydrogens is 230 g/mol. The summed E-state index contributed by atoms with van der Waals surface area (Å²) in [6.07, 6.45) is 1.12. The maximum absolute atomic E-state index is 12.1. The van der Waals surface area contributed by atoms with Gasteiger partial charge in [-0.05, 0) is 46.8 Å². The molecule has 1 aromatic rings. The molecule has 0 aromatic carbocycles. The molecule has 1 aromatic heterocycles. The minimum absolute atomic E-state index is 0.0454. The van der Waals surface area contributed by atoms with Crippen LogP contribution in [0, 0.1) is 0 Å². The molecule has 5 nitrogen and oxygen atoms in total. The fraction of sp³-hybridized carbons (Fsp3) is 0.538. The first-order valence-electron chi connectivity index (χ1n) is 5.94. The lowest BCUT2D eigenvalue weighted by molar-refractivity contribution is 0.0569. The van der Waals surface area contributed by atoms with Crippen molar-refractivity contribution in [3.05, 3.63) is 18.3 Å². The van der Waals surface area contributed by atoms with Gasteiger partial charge in [0.05, 0.1) is 11.9 Å². The van der Waals surface area contributed by atoms with E-state index in [1.807, 2.05) is 34.6 Å². The topological polar surface area (TPSA) is 68.5 Å². The van der Waals surface area contributed by atoms with Crippen molar-refractivity contribution < 1.29 is 9.53 Å². The van der Waals surface area contributed by atoms with Crippen molar-refractivity contribution in [1.29, 1.82) is 0 Å². The lowest BCUT2D eigenvalue weighted by Gasteiger charge is -2.29. The van der Waals surface area contributed by atoms with Crippen LogP contribution in [0.5, 0.6) is 0 Å².